The molecule has 34 heavy (non-hydrogen) atoms. The fourth-order valence-corrected chi connectivity index (χ4v) is 6.26. The van der Waals surface area contributed by atoms with Crippen LogP contribution in [-0.2, 0) is 17.6 Å². The van der Waals surface area contributed by atoms with Gasteiger partial charge in [0.15, 0.2) is 5.82 Å². The van der Waals surface area contributed by atoms with Gasteiger partial charge >= 0.3 is 0 Å². The average molecular weight is 491 g/mol. The van der Waals surface area contributed by atoms with Crippen molar-refractivity contribution in [3.8, 4) is 11.4 Å². The number of pyridine rings is 2. The normalized spacial score (nSPS) is 17.7. The van der Waals surface area contributed by atoms with Gasteiger partial charge in [0, 0.05) is 42.1 Å². The van der Waals surface area contributed by atoms with Crippen LogP contribution in [0.3, 0.4) is 0 Å². The molecule has 0 aromatic carbocycles. The van der Waals surface area contributed by atoms with E-state index in [0.29, 0.717) is 23.2 Å². The minimum absolute atomic E-state index is 0.0205. The highest BCUT2D eigenvalue weighted by atomic mass is 35.5. The largest absolute Gasteiger partial charge is 0.355 e. The van der Waals surface area contributed by atoms with E-state index in [1.165, 1.54) is 22.2 Å². The monoisotopic (exact) mass is 490 g/mol. The minimum Gasteiger partial charge on any atom is -0.355 e. The second kappa shape index (κ2) is 8.92. The molecule has 4 aromatic rings. The van der Waals surface area contributed by atoms with Crippen LogP contribution >= 0.6 is 22.9 Å². The number of hydrogen-bond acceptors (Lipinski definition) is 7. The first-order valence-corrected chi connectivity index (χ1v) is 12.8. The van der Waals surface area contributed by atoms with E-state index in [-0.39, 0.29) is 11.8 Å². The SMILES string of the molecule is O=C(Nc1ccc(Cl)cn1)C1CCCN(c2nc(-c3cccnc3)nc3sc4c(c23)CCC4)C1. The molecule has 1 unspecified atom stereocenters. The fourth-order valence-electron chi connectivity index (χ4n) is 4.89. The van der Waals surface area contributed by atoms with Gasteiger partial charge in [-0.15, -0.1) is 11.3 Å². The van der Waals surface area contributed by atoms with Crippen LogP contribution in [0.4, 0.5) is 11.6 Å². The molecule has 1 N–H and O–H groups in total. The summed E-state index contributed by atoms with van der Waals surface area (Å²) in [5, 5.41) is 4.66. The summed E-state index contributed by atoms with van der Waals surface area (Å²) in [5.41, 5.74) is 2.30. The van der Waals surface area contributed by atoms with Gasteiger partial charge in [0.25, 0.3) is 0 Å². The molecule has 7 nitrogen and oxygen atoms in total. The Balaban J connectivity index is 1.34. The number of rotatable bonds is 4. The Morgan fingerprint density at radius 3 is 2.91 bits per heavy atom. The minimum atomic E-state index is -0.148. The summed E-state index contributed by atoms with van der Waals surface area (Å²) in [6, 6.07) is 7.35. The Bertz CT molecular complexity index is 1360. The zero-order valence-corrected chi connectivity index (χ0v) is 20.1. The zero-order chi connectivity index (χ0) is 23.1. The van der Waals surface area contributed by atoms with Crippen molar-refractivity contribution in [1.29, 1.82) is 0 Å². The highest BCUT2D eigenvalue weighted by molar-refractivity contribution is 7.19. The number of carbonyl (C=O) groups is 1. The molecule has 6 rings (SSSR count). The first kappa shape index (κ1) is 21.4. The highest BCUT2D eigenvalue weighted by Gasteiger charge is 2.31. The summed E-state index contributed by atoms with van der Waals surface area (Å²) in [7, 11) is 0. The molecule has 1 saturated heterocycles. The van der Waals surface area contributed by atoms with Crippen molar-refractivity contribution >= 4 is 50.7 Å². The third-order valence-electron chi connectivity index (χ3n) is 6.54. The summed E-state index contributed by atoms with van der Waals surface area (Å²) in [4.78, 5) is 36.2. The van der Waals surface area contributed by atoms with Crippen LogP contribution in [0.25, 0.3) is 21.6 Å². The van der Waals surface area contributed by atoms with E-state index in [0.717, 1.165) is 48.4 Å². The number of thiophene rings is 1. The Morgan fingerprint density at radius 2 is 2.09 bits per heavy atom. The number of amides is 1. The molecular weight excluding hydrogens is 468 g/mol. The standard InChI is InChI=1S/C25H23ClN6OS/c26-17-8-9-20(28-13-17)29-24(33)16-5-3-11-32(14-16)23-21-18-6-1-7-19(18)34-25(21)31-22(30-23)15-4-2-10-27-12-15/h2,4,8-10,12-13,16H,1,3,5-7,11,14H2,(H,28,29,33). The lowest BCUT2D eigenvalue weighted by Gasteiger charge is -2.33. The van der Waals surface area contributed by atoms with Crippen LogP contribution in [-0.4, -0.2) is 38.9 Å². The summed E-state index contributed by atoms with van der Waals surface area (Å²) >= 11 is 7.71. The van der Waals surface area contributed by atoms with Crippen molar-refractivity contribution < 1.29 is 4.79 Å². The topological polar surface area (TPSA) is 83.9 Å². The smallest absolute Gasteiger partial charge is 0.230 e. The molecule has 1 aliphatic carbocycles. The molecule has 1 aliphatic heterocycles. The van der Waals surface area contributed by atoms with E-state index in [2.05, 4.69) is 20.2 Å². The zero-order valence-electron chi connectivity index (χ0n) is 18.5. The van der Waals surface area contributed by atoms with Crippen molar-refractivity contribution in [2.75, 3.05) is 23.3 Å². The second-order valence-corrected chi connectivity index (χ2v) is 10.3. The molecule has 4 aromatic heterocycles. The van der Waals surface area contributed by atoms with Gasteiger partial charge in [-0.3, -0.25) is 9.78 Å². The number of fused-ring (bicyclic) bond motifs is 3. The van der Waals surface area contributed by atoms with Gasteiger partial charge in [-0.1, -0.05) is 11.6 Å². The molecular formula is C25H23ClN6OS. The van der Waals surface area contributed by atoms with E-state index in [9.17, 15) is 4.79 Å². The lowest BCUT2D eigenvalue weighted by atomic mass is 9.96. The summed E-state index contributed by atoms with van der Waals surface area (Å²) in [6.07, 6.45) is 10.2. The van der Waals surface area contributed by atoms with Gasteiger partial charge in [-0.25, -0.2) is 15.0 Å². The van der Waals surface area contributed by atoms with E-state index < -0.39 is 0 Å². The molecule has 1 amide bonds. The van der Waals surface area contributed by atoms with Crippen LogP contribution in [0.2, 0.25) is 5.02 Å². The molecule has 9 heteroatoms. The molecule has 0 radical (unpaired) electrons. The summed E-state index contributed by atoms with van der Waals surface area (Å²) in [5.74, 6) is 1.99. The van der Waals surface area contributed by atoms with Gasteiger partial charge in [-0.05, 0) is 61.9 Å². The number of nitrogens with one attached hydrogen (secondary N) is 1. The van der Waals surface area contributed by atoms with Crippen molar-refractivity contribution in [3.63, 3.8) is 0 Å². The van der Waals surface area contributed by atoms with Gasteiger partial charge < -0.3 is 10.2 Å². The molecule has 0 spiro atoms. The Hall–Kier alpha value is -3.10. The highest BCUT2D eigenvalue weighted by Crippen LogP contribution is 2.42. The van der Waals surface area contributed by atoms with Gasteiger partial charge in [0.1, 0.15) is 16.5 Å². The fraction of sp³-hybridized carbons (Fsp3) is 0.320. The Morgan fingerprint density at radius 1 is 1.15 bits per heavy atom. The maximum absolute atomic E-state index is 13.1. The predicted molar refractivity (Wildman–Crippen MR) is 135 cm³/mol. The van der Waals surface area contributed by atoms with Gasteiger partial charge in [0.05, 0.1) is 16.3 Å². The molecule has 5 heterocycles. The van der Waals surface area contributed by atoms with Gasteiger partial charge in [0.2, 0.25) is 5.91 Å². The quantitative estimate of drug-likeness (QED) is 0.426. The summed E-state index contributed by atoms with van der Waals surface area (Å²) < 4.78 is 0. The first-order chi connectivity index (χ1) is 16.7. The van der Waals surface area contributed by atoms with E-state index in [4.69, 9.17) is 21.6 Å². The number of piperidine rings is 1. The van der Waals surface area contributed by atoms with Crippen molar-refractivity contribution in [2.24, 2.45) is 5.92 Å². The number of anilines is 2. The number of halogens is 1. The van der Waals surface area contributed by atoms with Crippen LogP contribution in [0.15, 0.2) is 42.9 Å². The molecule has 0 saturated carbocycles. The van der Waals surface area contributed by atoms with Crippen LogP contribution in [0.5, 0.6) is 0 Å². The van der Waals surface area contributed by atoms with E-state index >= 15 is 0 Å². The third kappa shape index (κ3) is 4.01. The van der Waals surface area contributed by atoms with Crippen LogP contribution in [0, 0.1) is 5.92 Å². The lowest BCUT2D eigenvalue weighted by Crippen LogP contribution is -2.41. The van der Waals surface area contributed by atoms with E-state index in [1.807, 2.05) is 12.1 Å². The predicted octanol–water partition coefficient (Wildman–Crippen LogP) is 5.15. The maximum Gasteiger partial charge on any atom is 0.230 e. The number of nitrogens with zero attached hydrogens (tertiary/aromatic N) is 5. The maximum atomic E-state index is 13.1. The van der Waals surface area contributed by atoms with E-state index in [1.54, 1.807) is 42.1 Å². The second-order valence-electron chi connectivity index (χ2n) is 8.79. The number of aryl methyl sites for hydroxylation is 2. The van der Waals surface area contributed by atoms with Gasteiger partial charge in [-0.2, -0.15) is 0 Å². The number of hydrogen-bond donors (Lipinski definition) is 1. The molecule has 172 valence electrons. The van der Waals surface area contributed by atoms with Crippen LogP contribution < -0.4 is 10.2 Å². The summed E-state index contributed by atoms with van der Waals surface area (Å²) in [6.45, 7) is 1.48. The average Bonchev–Trinajstić information content (AvgIpc) is 3.47. The van der Waals surface area contributed by atoms with Crippen molar-refractivity contribution in [2.45, 2.75) is 32.1 Å². The molecule has 0 bridgehead atoms. The Labute approximate surface area is 206 Å². The van der Waals surface area contributed by atoms with Crippen molar-refractivity contribution in [1.82, 2.24) is 19.9 Å². The third-order valence-corrected chi connectivity index (χ3v) is 7.94. The molecule has 1 atom stereocenters. The first-order valence-electron chi connectivity index (χ1n) is 11.6. The van der Waals surface area contributed by atoms with Crippen LogP contribution in [0.1, 0.15) is 29.7 Å². The number of carbonyl (C=O) groups excluding carboxylic acids is 1. The number of aromatic nitrogens is 4. The molecule has 1 fully saturated rings. The Kier molecular flexibility index (Phi) is 5.63. The molecule has 2 aliphatic rings. The lowest BCUT2D eigenvalue weighted by molar-refractivity contribution is -0.120. The van der Waals surface area contributed by atoms with Crippen molar-refractivity contribution in [3.05, 3.63) is 58.3 Å².